The zero-order chi connectivity index (χ0) is 65.0. The Balaban J connectivity index is 0.789. The number of fused-ring (bicyclic) bond motifs is 4. The minimum absolute atomic E-state index is 0.0250. The molecule has 7 heterocycles. The molecule has 3 fully saturated rings. The largest absolute Gasteiger partial charge is 0.481 e. The summed E-state index contributed by atoms with van der Waals surface area (Å²) in [6.45, 7) is -4.92. The van der Waals surface area contributed by atoms with Crippen molar-refractivity contribution < 1.29 is 89.5 Å². The fraction of sp³-hybridized carbons (Fsp3) is 0.549. The number of ether oxygens (including phenoxy) is 3. The lowest BCUT2D eigenvalue weighted by Crippen LogP contribution is -2.46. The van der Waals surface area contributed by atoms with Gasteiger partial charge in [0.2, 0.25) is 17.7 Å². The molecule has 490 valence electrons. The van der Waals surface area contributed by atoms with Crippen molar-refractivity contribution in [2.75, 3.05) is 55.8 Å². The first-order chi connectivity index (χ1) is 42.8. The Bertz CT molecular complexity index is 3510. The van der Waals surface area contributed by atoms with Gasteiger partial charge in [-0.05, 0) is 66.5 Å². The smallest absolute Gasteiger partial charge is 0.407 e. The van der Waals surface area contributed by atoms with Crippen LogP contribution in [0.1, 0.15) is 77.3 Å². The van der Waals surface area contributed by atoms with Crippen molar-refractivity contribution in [3.05, 3.63) is 55.1 Å². The van der Waals surface area contributed by atoms with Gasteiger partial charge in [-0.15, -0.1) is 0 Å². The predicted octanol–water partition coefficient (Wildman–Crippen LogP) is 2.42. The number of nitrogen functional groups attached to an aromatic ring is 1. The lowest BCUT2D eigenvalue weighted by atomic mass is 9.89. The van der Waals surface area contributed by atoms with Crippen LogP contribution in [0.15, 0.2) is 49.6 Å². The number of benzene rings is 1. The highest BCUT2D eigenvalue weighted by molar-refractivity contribution is 8.07. The fourth-order valence-electron chi connectivity index (χ4n) is 9.85. The molecule has 8 rings (SSSR count). The summed E-state index contributed by atoms with van der Waals surface area (Å²) in [5.74, 6) is -4.97. The second-order valence-electron chi connectivity index (χ2n) is 21.4. The normalized spacial score (nSPS) is 25.3. The number of alkyl halides is 2. The second kappa shape index (κ2) is 30.8. The van der Waals surface area contributed by atoms with E-state index in [4.69, 9.17) is 72.5 Å². The average Bonchev–Trinajstić information content (AvgIpc) is 1.64. The molecule has 3 aliphatic rings. The minimum atomic E-state index is -4.38. The lowest BCUT2D eigenvalue weighted by Gasteiger charge is -2.29. The number of nitrogens with two attached hydrogens (primary N) is 2. The molecule has 0 radical (unpaired) electrons. The third kappa shape index (κ3) is 18.1. The van der Waals surface area contributed by atoms with E-state index in [1.54, 1.807) is 38.1 Å². The Labute approximate surface area is 521 Å². The number of Topliss-reactive ketones (excluding diaryl/α,β-unsaturated/α-hetero) is 1. The van der Waals surface area contributed by atoms with E-state index in [2.05, 4.69) is 61.8 Å². The SMILES string of the molecule is CC(CC(=O)O)C(=O)NCCC(=O)N[C@H](C(=O)C[C@@H](CCCNC(N)=O)C(=O)Nc1ccc(COC(=O)NCCCNc2ncnc3c2ncn3[C@@H]2O[C@@H]3COP(O)(=S)O[C@H]4[C@@H](F)[C@H](n5cnc6c(N)ncnc65)O[C@@H]4COP(O)(=S)O[C@H]3[C@H]2F)cc1)C(C)C. The maximum Gasteiger partial charge on any atom is 0.407 e. The van der Waals surface area contributed by atoms with Crippen LogP contribution < -0.4 is 43.4 Å². The summed E-state index contributed by atoms with van der Waals surface area (Å²) in [6, 6.07) is 4.66. The van der Waals surface area contributed by atoms with Gasteiger partial charge in [0.15, 0.2) is 59.0 Å². The van der Waals surface area contributed by atoms with Crippen molar-refractivity contribution in [2.45, 2.75) is 121 Å². The number of aromatic nitrogens is 8. The number of anilines is 3. The van der Waals surface area contributed by atoms with Gasteiger partial charge in [-0.3, -0.25) is 42.2 Å². The molecule has 39 heteroatoms. The van der Waals surface area contributed by atoms with Crippen LogP contribution in [0.25, 0.3) is 22.3 Å². The highest BCUT2D eigenvalue weighted by atomic mass is 32.5. The number of carboxylic acids is 1. The molecule has 0 spiro atoms. The number of halogens is 2. The number of imidazole rings is 2. The van der Waals surface area contributed by atoms with Gasteiger partial charge in [-0.25, -0.2) is 48.3 Å². The molecule has 33 nitrogen and oxygen atoms in total. The van der Waals surface area contributed by atoms with E-state index in [0.29, 0.717) is 24.1 Å². The zero-order valence-corrected chi connectivity index (χ0v) is 51.9. The molecule has 5 aromatic rings. The molecule has 90 heavy (non-hydrogen) atoms. The molecule has 0 saturated carbocycles. The number of aliphatic carboxylic acids is 1. The monoisotopic (exact) mass is 1340 g/mol. The topological polar surface area (TPSA) is 456 Å². The third-order valence-corrected chi connectivity index (χ3v) is 17.5. The standard InChI is InChI=1S/C51H68F2N16O17P2S2/c1-25(2)37(67-33(71)11-15-57-46(74)26(3)16-34(72)73)30(70)17-28(6-4-12-58-50(55)76)47(75)66-29-9-7-27(8-10-29)18-80-51(77)59-14-5-13-56-43-39-45(63-22-61-43)69(24-65-39)49-36(53)41-32(84-49)20-82-87(78,89)85-40-31(19-81-88(79,90)86-41)83-48(35(40)52)68-23-64-38-42(54)60-21-62-44(38)68/h7-10,21-26,28,31-32,35-37,40-41,48-49H,4-6,11-20H2,1-3H3,(H,57,74)(H,59,77)(H,66,75)(H,67,71)(H,72,73)(H,78,89)(H,79,90)(H2,54,60,62)(H3,55,58,76)(H,56,61,63)/t26?,28-,31-,32-,35-,36-,37+,40-,41-,48-,49-,87?,88?/m1/s1. The van der Waals surface area contributed by atoms with Gasteiger partial charge in [0.05, 0.1) is 38.3 Å². The molecule has 4 aromatic heterocycles. The highest BCUT2D eigenvalue weighted by Gasteiger charge is 2.54. The summed E-state index contributed by atoms with van der Waals surface area (Å²) in [7, 11) is 0. The van der Waals surface area contributed by atoms with Crippen LogP contribution in [-0.2, 0) is 86.5 Å². The Morgan fingerprint density at radius 1 is 0.756 bits per heavy atom. The number of hydrogen-bond donors (Lipinski definition) is 11. The van der Waals surface area contributed by atoms with Crippen molar-refractivity contribution in [3.63, 3.8) is 0 Å². The number of amides is 6. The van der Waals surface area contributed by atoms with Crippen molar-refractivity contribution in [2.24, 2.45) is 23.5 Å². The fourth-order valence-corrected chi connectivity index (χ4v) is 12.7. The van der Waals surface area contributed by atoms with E-state index in [1.165, 1.54) is 35.0 Å². The Morgan fingerprint density at radius 3 is 1.94 bits per heavy atom. The third-order valence-electron chi connectivity index (χ3n) is 14.4. The van der Waals surface area contributed by atoms with Crippen LogP contribution in [0.5, 0.6) is 0 Å². The van der Waals surface area contributed by atoms with Crippen LogP contribution in [0.3, 0.4) is 0 Å². The van der Waals surface area contributed by atoms with Crippen molar-refractivity contribution in [1.82, 2.24) is 60.3 Å². The van der Waals surface area contributed by atoms with Gasteiger partial charge in [0.1, 0.15) is 49.2 Å². The molecular formula is C51H68F2N16O17P2S2. The van der Waals surface area contributed by atoms with E-state index in [9.17, 15) is 43.3 Å². The maximum absolute atomic E-state index is 16.7. The first kappa shape index (κ1) is 68.8. The average molecular weight is 1340 g/mol. The summed E-state index contributed by atoms with van der Waals surface area (Å²) in [6.07, 6.45) is -9.28. The van der Waals surface area contributed by atoms with Gasteiger partial charge in [0, 0.05) is 56.5 Å². The molecule has 3 unspecified atom stereocenters. The molecule has 6 amide bonds. The number of carbonyl (C=O) groups excluding carboxylic acids is 6. The van der Waals surface area contributed by atoms with Crippen LogP contribution in [-0.4, -0.2) is 178 Å². The van der Waals surface area contributed by atoms with E-state index in [-0.39, 0.29) is 98.4 Å². The summed E-state index contributed by atoms with van der Waals surface area (Å²) in [4.78, 5) is 135. The molecular weight excluding hydrogens is 1270 g/mol. The number of alkyl carbamates (subject to hydrolysis) is 1. The van der Waals surface area contributed by atoms with Gasteiger partial charge in [-0.2, -0.15) is 0 Å². The molecule has 1 aromatic carbocycles. The molecule has 3 aliphatic heterocycles. The maximum atomic E-state index is 16.7. The van der Waals surface area contributed by atoms with Crippen molar-refractivity contribution in [3.8, 4) is 0 Å². The molecule has 3 saturated heterocycles. The Hall–Kier alpha value is -7.15. The number of carboxylic acid groups (broad SMARTS) is 1. The summed E-state index contributed by atoms with van der Waals surface area (Å²) in [5.41, 5.74) is 12.6. The summed E-state index contributed by atoms with van der Waals surface area (Å²) in [5, 5.41) is 25.1. The zero-order valence-electron chi connectivity index (χ0n) is 48.5. The molecule has 13 N–H and O–H groups in total. The predicted molar refractivity (Wildman–Crippen MR) is 319 cm³/mol. The summed E-state index contributed by atoms with van der Waals surface area (Å²) < 4.78 is 75.4. The number of ketones is 1. The van der Waals surface area contributed by atoms with Crippen LogP contribution in [0, 0.1) is 17.8 Å². The highest BCUT2D eigenvalue weighted by Crippen LogP contribution is 2.55. The van der Waals surface area contributed by atoms with E-state index < -0.39 is 135 Å². The first-order valence-corrected chi connectivity index (χ1v) is 33.4. The van der Waals surface area contributed by atoms with E-state index >= 15 is 8.78 Å². The number of nitrogens with zero attached hydrogens (tertiary/aromatic N) is 8. The Morgan fingerprint density at radius 2 is 1.34 bits per heavy atom. The number of hydrogen-bond acceptors (Lipinski definition) is 24. The van der Waals surface area contributed by atoms with Crippen LogP contribution in [0.4, 0.5) is 35.7 Å². The first-order valence-electron chi connectivity index (χ1n) is 28.2. The summed E-state index contributed by atoms with van der Waals surface area (Å²) >= 11 is 10.5. The van der Waals surface area contributed by atoms with E-state index in [1.807, 2.05) is 0 Å². The van der Waals surface area contributed by atoms with Crippen LogP contribution in [0.2, 0.25) is 0 Å². The minimum Gasteiger partial charge on any atom is -0.481 e. The lowest BCUT2D eigenvalue weighted by molar-refractivity contribution is -0.140. The number of urea groups is 1. The molecule has 0 aliphatic carbocycles. The number of rotatable bonds is 26. The number of carbonyl (C=O) groups is 7. The second-order valence-corrected chi connectivity index (χ2v) is 27.0. The molecule has 0 bridgehead atoms. The number of primary amides is 1. The van der Waals surface area contributed by atoms with Crippen LogP contribution >= 0.6 is 13.4 Å². The number of nitrogens with one attached hydrogen (secondary N) is 6. The molecule has 13 atom stereocenters. The quantitative estimate of drug-likeness (QED) is 0.0280. The van der Waals surface area contributed by atoms with Crippen molar-refractivity contribution >= 4 is 118 Å². The van der Waals surface area contributed by atoms with Crippen molar-refractivity contribution in [1.29, 1.82) is 0 Å². The van der Waals surface area contributed by atoms with Gasteiger partial charge >= 0.3 is 31.5 Å². The van der Waals surface area contributed by atoms with Gasteiger partial charge in [-0.1, -0.05) is 32.9 Å². The van der Waals surface area contributed by atoms with Gasteiger partial charge < -0.3 is 81.5 Å². The van der Waals surface area contributed by atoms with E-state index in [0.717, 1.165) is 6.33 Å². The van der Waals surface area contributed by atoms with Gasteiger partial charge in [0.25, 0.3) is 0 Å². The Kier molecular flexibility index (Phi) is 23.5.